The summed E-state index contributed by atoms with van der Waals surface area (Å²) in [6.45, 7) is 4.06. The number of carbonyl (C=O) groups is 1. The lowest BCUT2D eigenvalue weighted by atomic mass is 9.89. The molecule has 0 unspecified atom stereocenters. The van der Waals surface area contributed by atoms with E-state index in [0.29, 0.717) is 22.8 Å². The van der Waals surface area contributed by atoms with Gasteiger partial charge in [0.1, 0.15) is 34.7 Å². The number of hydrogen-bond donors (Lipinski definition) is 1. The molecule has 0 atom stereocenters. The molecular weight excluding hydrogens is 330 g/mol. The summed E-state index contributed by atoms with van der Waals surface area (Å²) in [5.74, 6) is 2.88. The van der Waals surface area contributed by atoms with Crippen molar-refractivity contribution < 1.29 is 18.4 Å². The smallest absolute Gasteiger partial charge is 0.249 e. The lowest BCUT2D eigenvalue weighted by Gasteiger charge is -2.17. The third kappa shape index (κ3) is 3.38. The van der Waals surface area contributed by atoms with Crippen LogP contribution < -0.4 is 10.5 Å². The number of benzene rings is 1. The number of amides is 1. The first kappa shape index (κ1) is 17.9. The molecule has 0 radical (unpaired) electrons. The summed E-state index contributed by atoms with van der Waals surface area (Å²) >= 11 is 0. The van der Waals surface area contributed by atoms with E-state index < -0.39 is 5.91 Å². The van der Waals surface area contributed by atoms with Crippen LogP contribution in [0.2, 0.25) is 0 Å². The van der Waals surface area contributed by atoms with Gasteiger partial charge in [-0.2, -0.15) is 0 Å². The van der Waals surface area contributed by atoms with Crippen LogP contribution >= 0.6 is 0 Å². The van der Waals surface area contributed by atoms with Crippen molar-refractivity contribution >= 4 is 5.91 Å². The lowest BCUT2D eigenvalue weighted by Crippen LogP contribution is -2.16. The molecule has 26 heavy (non-hydrogen) atoms. The van der Waals surface area contributed by atoms with Gasteiger partial charge < -0.3 is 19.3 Å². The van der Waals surface area contributed by atoms with E-state index in [-0.39, 0.29) is 5.92 Å². The molecule has 1 aromatic carbocycles. The Kier molecular flexibility index (Phi) is 5.16. The summed E-state index contributed by atoms with van der Waals surface area (Å²) in [7, 11) is 1.55. The molecule has 3 aromatic rings. The summed E-state index contributed by atoms with van der Waals surface area (Å²) in [5.41, 5.74) is 6.76. The Morgan fingerprint density at radius 2 is 1.58 bits per heavy atom. The molecule has 0 saturated heterocycles. The molecule has 2 N–H and O–H groups in total. The number of nitrogens with two attached hydrogens (primary N) is 1. The Morgan fingerprint density at radius 3 is 2.00 bits per heavy atom. The second-order valence-corrected chi connectivity index (χ2v) is 6.07. The summed E-state index contributed by atoms with van der Waals surface area (Å²) in [6.07, 6.45) is 1.58. The van der Waals surface area contributed by atoms with E-state index in [0.717, 1.165) is 29.9 Å². The van der Waals surface area contributed by atoms with E-state index in [1.165, 1.54) is 0 Å². The number of carbonyl (C=O) groups excluding carboxylic acids is 1. The first-order valence-electron chi connectivity index (χ1n) is 8.72. The summed E-state index contributed by atoms with van der Waals surface area (Å²) in [4.78, 5) is 12.1. The molecule has 0 bridgehead atoms. The predicted octanol–water partition coefficient (Wildman–Crippen LogP) is 4.29. The molecule has 2 aromatic heterocycles. The maximum absolute atomic E-state index is 12.1. The Labute approximate surface area is 152 Å². The Balaban J connectivity index is 2.19. The van der Waals surface area contributed by atoms with E-state index in [1.807, 2.05) is 50.2 Å². The topological polar surface area (TPSA) is 78.6 Å². The SMILES string of the molecule is CCc1ccc(C(c2ccc(CC)o2)c2ccc(OC)cc2C(N)=O)o1. The normalized spacial score (nSPS) is 11.1. The molecule has 3 rings (SSSR count). The van der Waals surface area contributed by atoms with Crippen LogP contribution in [0.1, 0.15) is 58.7 Å². The van der Waals surface area contributed by atoms with Gasteiger partial charge in [-0.05, 0) is 42.0 Å². The van der Waals surface area contributed by atoms with Gasteiger partial charge in [-0.1, -0.05) is 19.9 Å². The maximum Gasteiger partial charge on any atom is 0.249 e. The first-order valence-corrected chi connectivity index (χ1v) is 8.72. The fourth-order valence-electron chi connectivity index (χ4n) is 3.05. The number of furan rings is 2. The van der Waals surface area contributed by atoms with Gasteiger partial charge in [0, 0.05) is 18.4 Å². The molecule has 136 valence electrons. The van der Waals surface area contributed by atoms with E-state index in [1.54, 1.807) is 13.2 Å². The molecule has 2 heterocycles. The van der Waals surface area contributed by atoms with Crippen LogP contribution in [0.25, 0.3) is 0 Å². The predicted molar refractivity (Wildman–Crippen MR) is 98.6 cm³/mol. The molecule has 0 saturated carbocycles. The van der Waals surface area contributed by atoms with Crippen LogP contribution in [-0.4, -0.2) is 13.0 Å². The van der Waals surface area contributed by atoms with Gasteiger partial charge in [0.05, 0.1) is 7.11 Å². The molecular formula is C21H23NO4. The second-order valence-electron chi connectivity index (χ2n) is 6.07. The van der Waals surface area contributed by atoms with Crippen LogP contribution in [0.15, 0.2) is 51.3 Å². The van der Waals surface area contributed by atoms with Gasteiger partial charge >= 0.3 is 0 Å². The van der Waals surface area contributed by atoms with Crippen LogP contribution in [-0.2, 0) is 12.8 Å². The van der Waals surface area contributed by atoms with Gasteiger partial charge in [0.15, 0.2) is 0 Å². The number of rotatable bonds is 7. The fourth-order valence-corrected chi connectivity index (χ4v) is 3.05. The average molecular weight is 353 g/mol. The molecule has 0 spiro atoms. The molecule has 0 fully saturated rings. The monoisotopic (exact) mass is 353 g/mol. The number of aryl methyl sites for hydroxylation is 2. The van der Waals surface area contributed by atoms with Crippen molar-refractivity contribution in [3.05, 3.63) is 76.6 Å². The molecule has 5 heteroatoms. The van der Waals surface area contributed by atoms with E-state index in [4.69, 9.17) is 19.3 Å². The van der Waals surface area contributed by atoms with Gasteiger partial charge in [-0.25, -0.2) is 0 Å². The standard InChI is InChI=1S/C21H23NO4/c1-4-13-7-10-18(25-13)20(19-11-8-14(5-2)26-19)16-9-6-15(24-3)12-17(16)21(22)23/h6-12,20H,4-5H2,1-3H3,(H2,22,23). The summed E-state index contributed by atoms with van der Waals surface area (Å²) in [5, 5.41) is 0. The van der Waals surface area contributed by atoms with Crippen molar-refractivity contribution in [2.24, 2.45) is 5.73 Å². The maximum atomic E-state index is 12.1. The van der Waals surface area contributed by atoms with Crippen LogP contribution in [0, 0.1) is 0 Å². The fraction of sp³-hybridized carbons (Fsp3) is 0.286. The van der Waals surface area contributed by atoms with E-state index in [9.17, 15) is 4.79 Å². The van der Waals surface area contributed by atoms with E-state index in [2.05, 4.69) is 0 Å². The molecule has 0 aliphatic carbocycles. The van der Waals surface area contributed by atoms with Gasteiger partial charge in [0.25, 0.3) is 0 Å². The lowest BCUT2D eigenvalue weighted by molar-refractivity contribution is 0.0999. The average Bonchev–Trinajstić information content (AvgIpc) is 3.31. The van der Waals surface area contributed by atoms with E-state index >= 15 is 0 Å². The Bertz CT molecular complexity index is 864. The summed E-state index contributed by atoms with van der Waals surface area (Å²) < 4.78 is 17.2. The highest BCUT2D eigenvalue weighted by Crippen LogP contribution is 2.37. The molecule has 5 nitrogen and oxygen atoms in total. The molecule has 1 amide bonds. The quantitative estimate of drug-likeness (QED) is 0.687. The number of hydrogen-bond acceptors (Lipinski definition) is 4. The zero-order valence-corrected chi connectivity index (χ0v) is 15.2. The van der Waals surface area contributed by atoms with Crippen molar-refractivity contribution in [1.29, 1.82) is 0 Å². The van der Waals surface area contributed by atoms with Crippen LogP contribution in [0.3, 0.4) is 0 Å². The number of primary amides is 1. The van der Waals surface area contributed by atoms with Crippen LogP contribution in [0.4, 0.5) is 0 Å². The van der Waals surface area contributed by atoms with Crippen molar-refractivity contribution in [2.75, 3.05) is 7.11 Å². The molecule has 0 aliphatic rings. The van der Waals surface area contributed by atoms with Crippen molar-refractivity contribution in [2.45, 2.75) is 32.6 Å². The van der Waals surface area contributed by atoms with Crippen molar-refractivity contribution in [3.63, 3.8) is 0 Å². The Morgan fingerprint density at radius 1 is 1.00 bits per heavy atom. The second kappa shape index (κ2) is 7.52. The largest absolute Gasteiger partial charge is 0.497 e. The Hall–Kier alpha value is -2.95. The summed E-state index contributed by atoms with van der Waals surface area (Å²) in [6, 6.07) is 13.0. The highest BCUT2D eigenvalue weighted by molar-refractivity contribution is 5.95. The zero-order valence-electron chi connectivity index (χ0n) is 15.2. The van der Waals surface area contributed by atoms with Crippen molar-refractivity contribution in [1.82, 2.24) is 0 Å². The third-order valence-electron chi connectivity index (χ3n) is 4.47. The zero-order chi connectivity index (χ0) is 18.7. The number of methoxy groups -OCH3 is 1. The third-order valence-corrected chi connectivity index (χ3v) is 4.47. The van der Waals surface area contributed by atoms with Crippen LogP contribution in [0.5, 0.6) is 5.75 Å². The van der Waals surface area contributed by atoms with Gasteiger partial charge in [0.2, 0.25) is 5.91 Å². The van der Waals surface area contributed by atoms with Crippen molar-refractivity contribution in [3.8, 4) is 5.75 Å². The van der Waals surface area contributed by atoms with Gasteiger partial charge in [-0.3, -0.25) is 4.79 Å². The minimum absolute atomic E-state index is 0.357. The minimum atomic E-state index is -0.520. The highest BCUT2D eigenvalue weighted by Gasteiger charge is 2.27. The highest BCUT2D eigenvalue weighted by atomic mass is 16.5. The molecule has 0 aliphatic heterocycles. The first-order chi connectivity index (χ1) is 12.6. The number of ether oxygens (including phenoxy) is 1. The van der Waals surface area contributed by atoms with Gasteiger partial charge in [-0.15, -0.1) is 0 Å². The minimum Gasteiger partial charge on any atom is -0.497 e.